The number of anilines is 1. The van der Waals surface area contributed by atoms with Gasteiger partial charge in [-0.3, -0.25) is 4.79 Å². The maximum Gasteiger partial charge on any atom is 0.416 e. The van der Waals surface area contributed by atoms with E-state index in [0.29, 0.717) is 0 Å². The summed E-state index contributed by atoms with van der Waals surface area (Å²) in [6.45, 7) is 1.37. The number of hydrogen-bond acceptors (Lipinski definition) is 4. The second-order valence-corrected chi connectivity index (χ2v) is 6.01. The van der Waals surface area contributed by atoms with Gasteiger partial charge in [-0.2, -0.15) is 13.2 Å². The second-order valence-electron chi connectivity index (χ2n) is 6.01. The zero-order chi connectivity index (χ0) is 19.4. The Labute approximate surface area is 153 Å². The minimum Gasteiger partial charge on any atom is -0.324 e. The van der Waals surface area contributed by atoms with Crippen molar-refractivity contribution in [3.63, 3.8) is 0 Å². The Hall–Kier alpha value is -3.23. The lowest BCUT2D eigenvalue weighted by Gasteiger charge is -2.18. The fourth-order valence-corrected chi connectivity index (χ4v) is 2.69. The van der Waals surface area contributed by atoms with Crippen LogP contribution in [0.25, 0.3) is 0 Å². The lowest BCUT2D eigenvalue weighted by Crippen LogP contribution is -2.28. The number of carbonyl (C=O) groups is 1. The molecule has 6 nitrogen and oxygen atoms in total. The SMILES string of the molecule is Cc1ccc(NC(=O)C(Cc2ccccc2)n2cnnn2)cc1C(F)(F)F. The molecule has 3 aromatic rings. The Kier molecular flexibility index (Phi) is 5.20. The van der Waals surface area contributed by atoms with Crippen molar-refractivity contribution in [3.8, 4) is 0 Å². The largest absolute Gasteiger partial charge is 0.416 e. The van der Waals surface area contributed by atoms with Gasteiger partial charge in [0, 0.05) is 12.1 Å². The molecule has 0 bridgehead atoms. The molecule has 0 aliphatic carbocycles. The van der Waals surface area contributed by atoms with Gasteiger partial charge in [0.25, 0.3) is 0 Å². The lowest BCUT2D eigenvalue weighted by molar-refractivity contribution is -0.138. The lowest BCUT2D eigenvalue weighted by atomic mass is 10.0. The number of amides is 1. The van der Waals surface area contributed by atoms with E-state index in [-0.39, 0.29) is 17.7 Å². The van der Waals surface area contributed by atoms with Crippen LogP contribution in [0.1, 0.15) is 22.7 Å². The fraction of sp³-hybridized carbons (Fsp3) is 0.222. The van der Waals surface area contributed by atoms with Crippen molar-refractivity contribution >= 4 is 11.6 Å². The number of hydrogen-bond donors (Lipinski definition) is 1. The highest BCUT2D eigenvalue weighted by Gasteiger charge is 2.33. The normalized spacial score (nSPS) is 12.6. The first-order valence-corrected chi connectivity index (χ1v) is 8.09. The first-order valence-electron chi connectivity index (χ1n) is 8.09. The standard InChI is InChI=1S/C18H16F3N5O/c1-12-7-8-14(10-15(12)18(19,20)21)23-17(27)16(26-11-22-24-25-26)9-13-5-3-2-4-6-13/h2-8,10-11,16H,9H2,1H3,(H,23,27). The summed E-state index contributed by atoms with van der Waals surface area (Å²) in [5, 5.41) is 13.4. The van der Waals surface area contributed by atoms with E-state index in [1.165, 1.54) is 30.1 Å². The summed E-state index contributed by atoms with van der Waals surface area (Å²) >= 11 is 0. The average Bonchev–Trinajstić information content (AvgIpc) is 3.15. The van der Waals surface area contributed by atoms with Gasteiger partial charge in [0.15, 0.2) is 0 Å². The van der Waals surface area contributed by atoms with Crippen LogP contribution in [0.4, 0.5) is 18.9 Å². The molecule has 27 heavy (non-hydrogen) atoms. The molecule has 1 amide bonds. The number of rotatable bonds is 5. The summed E-state index contributed by atoms with van der Waals surface area (Å²) in [6.07, 6.45) is -2.91. The summed E-state index contributed by atoms with van der Waals surface area (Å²) in [6, 6.07) is 12.1. The topological polar surface area (TPSA) is 72.7 Å². The second kappa shape index (κ2) is 7.56. The molecule has 1 heterocycles. The van der Waals surface area contributed by atoms with Gasteiger partial charge in [-0.1, -0.05) is 36.4 Å². The molecule has 140 valence electrons. The Morgan fingerprint density at radius 3 is 2.56 bits per heavy atom. The van der Waals surface area contributed by atoms with Crippen molar-refractivity contribution in [2.75, 3.05) is 5.32 Å². The van der Waals surface area contributed by atoms with Crippen LogP contribution in [0.2, 0.25) is 0 Å². The van der Waals surface area contributed by atoms with Gasteiger partial charge >= 0.3 is 6.18 Å². The Morgan fingerprint density at radius 1 is 1.19 bits per heavy atom. The maximum atomic E-state index is 13.1. The van der Waals surface area contributed by atoms with Crippen LogP contribution in [0, 0.1) is 6.92 Å². The Bertz CT molecular complexity index is 911. The zero-order valence-corrected chi connectivity index (χ0v) is 14.3. The summed E-state index contributed by atoms with van der Waals surface area (Å²) < 4.78 is 40.6. The number of halogens is 3. The zero-order valence-electron chi connectivity index (χ0n) is 14.3. The van der Waals surface area contributed by atoms with Crippen molar-refractivity contribution in [1.29, 1.82) is 0 Å². The smallest absolute Gasteiger partial charge is 0.324 e. The first kappa shape index (κ1) is 18.6. The van der Waals surface area contributed by atoms with E-state index >= 15 is 0 Å². The van der Waals surface area contributed by atoms with Crippen LogP contribution in [-0.4, -0.2) is 26.1 Å². The van der Waals surface area contributed by atoms with Gasteiger partial charge in [0.1, 0.15) is 12.4 Å². The fourth-order valence-electron chi connectivity index (χ4n) is 2.69. The number of nitrogens with one attached hydrogen (secondary N) is 1. The minimum atomic E-state index is -4.50. The molecular weight excluding hydrogens is 359 g/mol. The van der Waals surface area contributed by atoms with E-state index in [2.05, 4.69) is 20.8 Å². The molecule has 2 aromatic carbocycles. The van der Waals surface area contributed by atoms with E-state index in [9.17, 15) is 18.0 Å². The van der Waals surface area contributed by atoms with Gasteiger partial charge in [-0.25, -0.2) is 4.68 Å². The number of aromatic nitrogens is 4. The average molecular weight is 375 g/mol. The van der Waals surface area contributed by atoms with Crippen LogP contribution < -0.4 is 5.32 Å². The van der Waals surface area contributed by atoms with Crippen LogP contribution in [0.3, 0.4) is 0 Å². The third-order valence-corrected chi connectivity index (χ3v) is 4.07. The molecule has 1 aromatic heterocycles. The summed E-state index contributed by atoms with van der Waals surface area (Å²) in [5.41, 5.74) is 0.223. The monoisotopic (exact) mass is 375 g/mol. The molecule has 0 fully saturated rings. The molecule has 1 unspecified atom stereocenters. The number of carbonyl (C=O) groups excluding carboxylic acids is 1. The summed E-state index contributed by atoms with van der Waals surface area (Å²) in [7, 11) is 0. The first-order chi connectivity index (χ1) is 12.8. The highest BCUT2D eigenvalue weighted by molar-refractivity contribution is 5.94. The highest BCUT2D eigenvalue weighted by Crippen LogP contribution is 2.33. The van der Waals surface area contributed by atoms with Crippen LogP contribution >= 0.6 is 0 Å². The van der Waals surface area contributed by atoms with Crippen LogP contribution in [0.5, 0.6) is 0 Å². The molecule has 1 atom stereocenters. The molecular formula is C18H16F3N5O. The van der Waals surface area contributed by atoms with E-state index in [1.54, 1.807) is 0 Å². The van der Waals surface area contributed by atoms with Crippen LogP contribution in [-0.2, 0) is 17.4 Å². The predicted octanol–water partition coefficient (Wildman–Crippen LogP) is 3.42. The number of alkyl halides is 3. The third-order valence-electron chi connectivity index (χ3n) is 4.07. The number of nitrogens with zero attached hydrogens (tertiary/aromatic N) is 4. The quantitative estimate of drug-likeness (QED) is 0.742. The van der Waals surface area contributed by atoms with Crippen molar-refractivity contribution < 1.29 is 18.0 Å². The van der Waals surface area contributed by atoms with E-state index < -0.39 is 23.7 Å². The van der Waals surface area contributed by atoms with Crippen molar-refractivity contribution in [2.45, 2.75) is 25.6 Å². The number of aryl methyl sites for hydroxylation is 1. The molecule has 0 aliphatic rings. The maximum absolute atomic E-state index is 13.1. The van der Waals surface area contributed by atoms with Gasteiger partial charge in [-0.05, 0) is 40.6 Å². The Balaban J connectivity index is 1.85. The van der Waals surface area contributed by atoms with Crippen LogP contribution in [0.15, 0.2) is 54.9 Å². The van der Waals surface area contributed by atoms with Crippen molar-refractivity contribution in [1.82, 2.24) is 20.2 Å². The van der Waals surface area contributed by atoms with E-state index in [4.69, 9.17) is 0 Å². The predicted molar refractivity (Wildman–Crippen MR) is 91.8 cm³/mol. The molecule has 0 saturated heterocycles. The third kappa shape index (κ3) is 4.49. The summed E-state index contributed by atoms with van der Waals surface area (Å²) in [5.74, 6) is -0.511. The molecule has 9 heteroatoms. The number of benzene rings is 2. The molecule has 1 N–H and O–H groups in total. The van der Waals surface area contributed by atoms with Gasteiger partial charge in [0.2, 0.25) is 5.91 Å². The number of tetrazole rings is 1. The van der Waals surface area contributed by atoms with Crippen molar-refractivity contribution in [3.05, 3.63) is 71.5 Å². The molecule has 3 rings (SSSR count). The Morgan fingerprint density at radius 2 is 1.93 bits per heavy atom. The van der Waals surface area contributed by atoms with E-state index in [0.717, 1.165) is 11.6 Å². The molecule has 0 spiro atoms. The van der Waals surface area contributed by atoms with Crippen molar-refractivity contribution in [2.24, 2.45) is 0 Å². The van der Waals surface area contributed by atoms with E-state index in [1.807, 2.05) is 30.3 Å². The van der Waals surface area contributed by atoms with Gasteiger partial charge < -0.3 is 5.32 Å². The van der Waals surface area contributed by atoms with Gasteiger partial charge in [-0.15, -0.1) is 5.10 Å². The molecule has 0 radical (unpaired) electrons. The minimum absolute atomic E-state index is 0.0593. The summed E-state index contributed by atoms with van der Waals surface area (Å²) in [4.78, 5) is 12.8. The molecule has 0 saturated carbocycles. The highest BCUT2D eigenvalue weighted by atomic mass is 19.4. The molecule has 0 aliphatic heterocycles. The van der Waals surface area contributed by atoms with Gasteiger partial charge in [0.05, 0.1) is 5.56 Å².